The molecule has 3 aromatic rings. The van der Waals surface area contributed by atoms with Crippen molar-refractivity contribution in [2.24, 2.45) is 5.10 Å². The number of rotatable bonds is 4. The Morgan fingerprint density at radius 2 is 1.97 bits per heavy atom. The van der Waals surface area contributed by atoms with Crippen LogP contribution in [-0.2, 0) is 0 Å². The zero-order valence-corrected chi connectivity index (χ0v) is 16.4. The molecule has 0 atom stereocenters. The summed E-state index contributed by atoms with van der Waals surface area (Å²) >= 11 is 0. The number of hydrogen-bond donors (Lipinski definition) is 3. The van der Waals surface area contributed by atoms with Gasteiger partial charge in [0.1, 0.15) is 11.5 Å². The summed E-state index contributed by atoms with van der Waals surface area (Å²) in [6.45, 7) is 0.714. The number of aromatic nitrogens is 4. The molecule has 3 heterocycles. The molecule has 1 aliphatic carbocycles. The maximum absolute atomic E-state index is 4.98. The number of hydrazone groups is 1. The topological polar surface area (TPSA) is 94.1 Å². The summed E-state index contributed by atoms with van der Waals surface area (Å²) in [6.07, 6.45) is 8.56. The van der Waals surface area contributed by atoms with Crippen molar-refractivity contribution in [1.29, 1.82) is 0 Å². The van der Waals surface area contributed by atoms with Crippen LogP contribution >= 0.6 is 0 Å². The zero-order chi connectivity index (χ0) is 19.6. The number of amidine groups is 1. The van der Waals surface area contributed by atoms with E-state index in [4.69, 9.17) is 4.98 Å². The number of H-pyrrole nitrogens is 1. The van der Waals surface area contributed by atoms with Crippen molar-refractivity contribution in [3.63, 3.8) is 0 Å². The first-order valence-corrected chi connectivity index (χ1v) is 10.1. The van der Waals surface area contributed by atoms with Gasteiger partial charge < -0.3 is 15.6 Å². The van der Waals surface area contributed by atoms with E-state index in [1.54, 1.807) is 6.20 Å². The molecule has 0 amide bonds. The van der Waals surface area contributed by atoms with Gasteiger partial charge in [-0.3, -0.25) is 5.10 Å². The largest absolute Gasteiger partial charge is 0.344 e. The lowest BCUT2D eigenvalue weighted by Crippen LogP contribution is -2.45. The standard InChI is InChI=1S/C21H24N8/c1-22-27-18-13-29(15-9-5-6-10-15)21-17(25-18)12-23-20(26-21)16-11-24-28-19(16)14-7-3-2-4-8-14/h2-4,7-8,11-12,15,22H,5-6,9-10,13H2,1H3,(H,24,28)(H,25,27). The monoisotopic (exact) mass is 388 g/mol. The van der Waals surface area contributed by atoms with Crippen LogP contribution in [0.1, 0.15) is 25.7 Å². The Labute approximate surface area is 169 Å². The Hall–Kier alpha value is -3.42. The van der Waals surface area contributed by atoms with Crippen LogP contribution in [0, 0.1) is 0 Å². The summed E-state index contributed by atoms with van der Waals surface area (Å²) < 4.78 is 0. The summed E-state index contributed by atoms with van der Waals surface area (Å²) in [5.74, 6) is 2.50. The number of nitrogens with one attached hydrogen (secondary N) is 3. The predicted octanol–water partition coefficient (Wildman–Crippen LogP) is 3.24. The van der Waals surface area contributed by atoms with Gasteiger partial charge in [-0.25, -0.2) is 9.97 Å². The highest BCUT2D eigenvalue weighted by atomic mass is 15.4. The minimum atomic E-state index is 0.485. The SMILES string of the molecule is CN/N=C1/CN(C2CCCC2)c2nc(-c3cn[nH]c3-c3ccccc3)ncc2N1. The molecule has 1 fully saturated rings. The quantitative estimate of drug-likeness (QED) is 0.594. The fourth-order valence-corrected chi connectivity index (χ4v) is 4.24. The van der Waals surface area contributed by atoms with Gasteiger partial charge in [0.2, 0.25) is 0 Å². The van der Waals surface area contributed by atoms with Gasteiger partial charge in [-0.1, -0.05) is 43.2 Å². The molecule has 2 aliphatic rings. The van der Waals surface area contributed by atoms with Crippen molar-refractivity contribution in [2.75, 3.05) is 23.8 Å². The number of nitrogens with zero attached hydrogens (tertiary/aromatic N) is 5. The third kappa shape index (κ3) is 3.30. The van der Waals surface area contributed by atoms with Crippen molar-refractivity contribution < 1.29 is 0 Å². The van der Waals surface area contributed by atoms with E-state index in [2.05, 4.69) is 48.1 Å². The van der Waals surface area contributed by atoms with Crippen LogP contribution in [0.25, 0.3) is 22.6 Å². The summed E-state index contributed by atoms with van der Waals surface area (Å²) in [5, 5.41) is 15.1. The van der Waals surface area contributed by atoms with Crippen LogP contribution in [0.4, 0.5) is 11.5 Å². The van der Waals surface area contributed by atoms with Gasteiger partial charge in [-0.2, -0.15) is 10.2 Å². The van der Waals surface area contributed by atoms with E-state index in [0.717, 1.165) is 34.2 Å². The second kappa shape index (κ2) is 7.54. The molecule has 8 heteroatoms. The van der Waals surface area contributed by atoms with E-state index in [1.165, 1.54) is 25.7 Å². The van der Waals surface area contributed by atoms with E-state index >= 15 is 0 Å². The Morgan fingerprint density at radius 3 is 2.76 bits per heavy atom. The lowest BCUT2D eigenvalue weighted by molar-refractivity contribution is 0.627. The number of hydrogen-bond acceptors (Lipinski definition) is 6. The van der Waals surface area contributed by atoms with Crippen LogP contribution in [0.2, 0.25) is 0 Å². The molecule has 8 nitrogen and oxygen atoms in total. The molecule has 2 aromatic heterocycles. The maximum atomic E-state index is 4.98. The molecule has 0 unspecified atom stereocenters. The van der Waals surface area contributed by atoms with Crippen LogP contribution < -0.4 is 15.6 Å². The van der Waals surface area contributed by atoms with Gasteiger partial charge >= 0.3 is 0 Å². The molecule has 5 rings (SSSR count). The third-order valence-corrected chi connectivity index (χ3v) is 5.59. The van der Waals surface area contributed by atoms with Gasteiger partial charge in [0.25, 0.3) is 0 Å². The molecular formula is C21H24N8. The van der Waals surface area contributed by atoms with Crippen molar-refractivity contribution in [3.8, 4) is 22.6 Å². The molecule has 1 saturated carbocycles. The van der Waals surface area contributed by atoms with Crippen LogP contribution in [-0.4, -0.2) is 45.6 Å². The highest BCUT2D eigenvalue weighted by Gasteiger charge is 2.31. The Balaban J connectivity index is 1.57. The second-order valence-electron chi connectivity index (χ2n) is 7.43. The van der Waals surface area contributed by atoms with Gasteiger partial charge in [0, 0.05) is 18.7 Å². The van der Waals surface area contributed by atoms with Crippen LogP contribution in [0.3, 0.4) is 0 Å². The Morgan fingerprint density at radius 1 is 1.14 bits per heavy atom. The average Bonchev–Trinajstić information content (AvgIpc) is 3.46. The van der Waals surface area contributed by atoms with Crippen molar-refractivity contribution >= 4 is 17.3 Å². The zero-order valence-electron chi connectivity index (χ0n) is 16.4. The summed E-state index contributed by atoms with van der Waals surface area (Å²) in [5.41, 5.74) is 6.68. The van der Waals surface area contributed by atoms with Gasteiger partial charge in [0.15, 0.2) is 11.6 Å². The average molecular weight is 388 g/mol. The highest BCUT2D eigenvalue weighted by molar-refractivity contribution is 6.04. The Kier molecular flexibility index (Phi) is 4.59. The molecule has 0 saturated heterocycles. The fourth-order valence-electron chi connectivity index (χ4n) is 4.24. The molecule has 0 bridgehead atoms. The summed E-state index contributed by atoms with van der Waals surface area (Å²) in [4.78, 5) is 12.0. The molecular weight excluding hydrogens is 364 g/mol. The number of benzene rings is 1. The first-order valence-electron chi connectivity index (χ1n) is 10.1. The van der Waals surface area contributed by atoms with Crippen LogP contribution in [0.15, 0.2) is 47.8 Å². The van der Waals surface area contributed by atoms with E-state index in [1.807, 2.05) is 31.4 Å². The first kappa shape index (κ1) is 17.7. The number of fused-ring (bicyclic) bond motifs is 1. The second-order valence-corrected chi connectivity index (χ2v) is 7.43. The van der Waals surface area contributed by atoms with Crippen molar-refractivity contribution in [1.82, 2.24) is 25.6 Å². The van der Waals surface area contributed by atoms with Gasteiger partial charge in [-0.05, 0) is 12.8 Å². The van der Waals surface area contributed by atoms with E-state index in [0.29, 0.717) is 18.4 Å². The molecule has 0 radical (unpaired) electrons. The number of anilines is 2. The normalized spacial score (nSPS) is 18.0. The molecule has 148 valence electrons. The predicted molar refractivity (Wildman–Crippen MR) is 115 cm³/mol. The smallest absolute Gasteiger partial charge is 0.165 e. The molecule has 3 N–H and O–H groups in total. The lowest BCUT2D eigenvalue weighted by Gasteiger charge is -2.35. The van der Waals surface area contributed by atoms with Crippen LogP contribution in [0.5, 0.6) is 0 Å². The lowest BCUT2D eigenvalue weighted by atomic mass is 10.1. The van der Waals surface area contributed by atoms with Gasteiger partial charge in [0.05, 0.1) is 30.2 Å². The number of aromatic amines is 1. The molecule has 1 aliphatic heterocycles. The summed E-state index contributed by atoms with van der Waals surface area (Å²) in [7, 11) is 1.81. The minimum Gasteiger partial charge on any atom is -0.344 e. The van der Waals surface area contributed by atoms with Crippen molar-refractivity contribution in [3.05, 3.63) is 42.7 Å². The minimum absolute atomic E-state index is 0.485. The summed E-state index contributed by atoms with van der Waals surface area (Å²) in [6, 6.07) is 10.6. The third-order valence-electron chi connectivity index (χ3n) is 5.59. The Bertz CT molecular complexity index is 1020. The van der Waals surface area contributed by atoms with Gasteiger partial charge in [-0.15, -0.1) is 0 Å². The first-order chi connectivity index (χ1) is 14.3. The molecule has 0 spiro atoms. The van der Waals surface area contributed by atoms with E-state index < -0.39 is 0 Å². The molecule has 1 aromatic carbocycles. The van der Waals surface area contributed by atoms with Crippen molar-refractivity contribution in [2.45, 2.75) is 31.7 Å². The fraction of sp³-hybridized carbons (Fsp3) is 0.333. The highest BCUT2D eigenvalue weighted by Crippen LogP contribution is 2.36. The maximum Gasteiger partial charge on any atom is 0.165 e. The van der Waals surface area contributed by atoms with E-state index in [-0.39, 0.29) is 0 Å². The van der Waals surface area contributed by atoms with E-state index in [9.17, 15) is 0 Å². The molecule has 29 heavy (non-hydrogen) atoms.